The van der Waals surface area contributed by atoms with Gasteiger partial charge in [-0.15, -0.1) is 0 Å². The average Bonchev–Trinajstić information content (AvgIpc) is 2.51. The number of hydrogen-bond acceptors (Lipinski definition) is 6. The molecule has 0 bridgehead atoms. The predicted molar refractivity (Wildman–Crippen MR) is 99.3 cm³/mol. The molecule has 0 N–H and O–H groups in total. The highest BCUT2D eigenvalue weighted by Gasteiger charge is 2.12. The molecule has 1 rings (SSSR count). The first-order valence-electron chi connectivity index (χ1n) is 8.40. The maximum atomic E-state index is 10.8. The van der Waals surface area contributed by atoms with Gasteiger partial charge in [-0.2, -0.15) is 8.42 Å². The maximum Gasteiger partial charge on any atom is 0.264 e. The van der Waals surface area contributed by atoms with Crippen molar-refractivity contribution in [2.75, 3.05) is 26.1 Å². The Bertz CT molecular complexity index is 621. The number of rotatable bonds is 11. The second-order valence-corrected chi connectivity index (χ2v) is 8.39. The molecule has 0 atom stereocenters. The van der Waals surface area contributed by atoms with Gasteiger partial charge in [0.15, 0.2) is 0 Å². The van der Waals surface area contributed by atoms with E-state index in [-0.39, 0.29) is 12.2 Å². The molecule has 0 aliphatic carbocycles. The standard InChI is InChI=1S/C18H29NO5S/c1-18(2,3)24-19-17(16-11-7-5-8-12-16)15-22-13-9-6-10-14-23-25(4,20)21/h5,7-8,11-12H,6,9-10,13-15H2,1-4H3. The van der Waals surface area contributed by atoms with Crippen molar-refractivity contribution in [1.82, 2.24) is 0 Å². The largest absolute Gasteiger partial charge is 0.390 e. The zero-order chi connectivity index (χ0) is 18.8. The summed E-state index contributed by atoms with van der Waals surface area (Å²) in [6.45, 7) is 6.98. The molecule has 0 spiro atoms. The van der Waals surface area contributed by atoms with E-state index in [2.05, 4.69) is 5.16 Å². The minimum Gasteiger partial charge on any atom is -0.390 e. The molecule has 0 aliphatic rings. The summed E-state index contributed by atoms with van der Waals surface area (Å²) >= 11 is 0. The van der Waals surface area contributed by atoms with Crippen LogP contribution in [0.25, 0.3) is 0 Å². The van der Waals surface area contributed by atoms with Crippen molar-refractivity contribution >= 4 is 15.8 Å². The Kier molecular flexibility index (Phi) is 9.10. The SMILES string of the molecule is CC(C)(C)ON=C(COCCCCCOS(C)(=O)=O)c1ccccc1. The second kappa shape index (κ2) is 10.5. The third kappa shape index (κ3) is 11.7. The van der Waals surface area contributed by atoms with Crippen LogP contribution >= 0.6 is 0 Å². The van der Waals surface area contributed by atoms with Crippen molar-refractivity contribution in [1.29, 1.82) is 0 Å². The third-order valence-corrected chi connectivity index (χ3v) is 3.60. The molecule has 6 nitrogen and oxygen atoms in total. The lowest BCUT2D eigenvalue weighted by Crippen LogP contribution is -2.19. The normalized spacial score (nSPS) is 13.0. The molecule has 0 saturated carbocycles. The summed E-state index contributed by atoms with van der Waals surface area (Å²) in [5.41, 5.74) is 1.35. The van der Waals surface area contributed by atoms with Gasteiger partial charge in [0.25, 0.3) is 10.1 Å². The van der Waals surface area contributed by atoms with Crippen LogP contribution in [0.15, 0.2) is 35.5 Å². The molecular weight excluding hydrogens is 342 g/mol. The number of hydrogen-bond donors (Lipinski definition) is 0. The lowest BCUT2D eigenvalue weighted by molar-refractivity contribution is -0.000370. The Hall–Kier alpha value is -1.44. The minimum atomic E-state index is -3.34. The van der Waals surface area contributed by atoms with Gasteiger partial charge in [-0.25, -0.2) is 0 Å². The van der Waals surface area contributed by atoms with Gasteiger partial charge in [0, 0.05) is 12.2 Å². The summed E-state index contributed by atoms with van der Waals surface area (Å²) in [6.07, 6.45) is 3.41. The van der Waals surface area contributed by atoms with Crippen LogP contribution < -0.4 is 0 Å². The van der Waals surface area contributed by atoms with Gasteiger partial charge in [-0.1, -0.05) is 35.5 Å². The molecule has 0 fully saturated rings. The molecule has 1 aromatic rings. The van der Waals surface area contributed by atoms with E-state index in [0.29, 0.717) is 19.6 Å². The number of nitrogens with zero attached hydrogens (tertiary/aromatic N) is 1. The lowest BCUT2D eigenvalue weighted by atomic mass is 10.1. The lowest BCUT2D eigenvalue weighted by Gasteiger charge is -2.17. The number of oxime groups is 1. The maximum absolute atomic E-state index is 10.8. The monoisotopic (exact) mass is 371 g/mol. The van der Waals surface area contributed by atoms with Crippen molar-refractivity contribution in [2.24, 2.45) is 5.16 Å². The molecule has 25 heavy (non-hydrogen) atoms. The van der Waals surface area contributed by atoms with Crippen molar-refractivity contribution < 1.29 is 22.2 Å². The van der Waals surface area contributed by atoms with E-state index in [4.69, 9.17) is 13.8 Å². The molecule has 0 radical (unpaired) electrons. The van der Waals surface area contributed by atoms with E-state index in [1.807, 2.05) is 51.1 Å². The zero-order valence-corrected chi connectivity index (χ0v) is 16.3. The predicted octanol–water partition coefficient (Wildman–Crippen LogP) is 3.37. The van der Waals surface area contributed by atoms with Gasteiger partial charge in [-0.05, 0) is 40.0 Å². The van der Waals surface area contributed by atoms with Gasteiger partial charge in [0.05, 0.1) is 19.5 Å². The van der Waals surface area contributed by atoms with Crippen molar-refractivity contribution in [3.8, 4) is 0 Å². The third-order valence-electron chi connectivity index (χ3n) is 3.01. The van der Waals surface area contributed by atoms with Gasteiger partial charge >= 0.3 is 0 Å². The average molecular weight is 371 g/mol. The molecule has 0 amide bonds. The summed E-state index contributed by atoms with van der Waals surface area (Å²) in [5, 5.41) is 4.24. The first-order valence-corrected chi connectivity index (χ1v) is 10.2. The van der Waals surface area contributed by atoms with Crippen molar-refractivity contribution in [3.05, 3.63) is 35.9 Å². The Morgan fingerprint density at radius 1 is 1.04 bits per heavy atom. The quantitative estimate of drug-likeness (QED) is 0.258. The molecular formula is C18H29NO5S. The van der Waals surface area contributed by atoms with Gasteiger partial charge in [0.2, 0.25) is 0 Å². The highest BCUT2D eigenvalue weighted by atomic mass is 32.2. The van der Waals surface area contributed by atoms with E-state index >= 15 is 0 Å². The molecule has 0 aromatic heterocycles. The fraction of sp³-hybridized carbons (Fsp3) is 0.611. The highest BCUT2D eigenvalue weighted by Crippen LogP contribution is 2.10. The topological polar surface area (TPSA) is 74.2 Å². The molecule has 0 heterocycles. The van der Waals surface area contributed by atoms with Gasteiger partial charge in [0.1, 0.15) is 11.3 Å². The van der Waals surface area contributed by atoms with Crippen LogP contribution in [0, 0.1) is 0 Å². The summed E-state index contributed by atoms with van der Waals surface area (Å²) < 4.78 is 32.1. The van der Waals surface area contributed by atoms with Crippen LogP contribution in [0.4, 0.5) is 0 Å². The number of benzene rings is 1. The highest BCUT2D eigenvalue weighted by molar-refractivity contribution is 7.85. The summed E-state index contributed by atoms with van der Waals surface area (Å²) in [5.74, 6) is 0. The summed E-state index contributed by atoms with van der Waals surface area (Å²) in [6, 6.07) is 9.78. The second-order valence-electron chi connectivity index (χ2n) is 6.75. The first kappa shape index (κ1) is 21.6. The van der Waals surface area contributed by atoms with E-state index in [9.17, 15) is 8.42 Å². The van der Waals surface area contributed by atoms with Crippen LogP contribution in [0.3, 0.4) is 0 Å². The van der Waals surface area contributed by atoms with Gasteiger partial charge < -0.3 is 9.57 Å². The van der Waals surface area contributed by atoms with Crippen LogP contribution in [-0.4, -0.2) is 45.8 Å². The Morgan fingerprint density at radius 3 is 2.28 bits per heavy atom. The fourth-order valence-electron chi connectivity index (χ4n) is 1.85. The Balaban J connectivity index is 2.36. The summed E-state index contributed by atoms with van der Waals surface area (Å²) in [7, 11) is -3.34. The van der Waals surface area contributed by atoms with E-state index < -0.39 is 10.1 Å². The van der Waals surface area contributed by atoms with Crippen LogP contribution in [0.1, 0.15) is 45.6 Å². The molecule has 0 unspecified atom stereocenters. The van der Waals surface area contributed by atoms with Crippen LogP contribution in [0.5, 0.6) is 0 Å². The number of ether oxygens (including phenoxy) is 1. The van der Waals surface area contributed by atoms with Crippen LogP contribution in [0.2, 0.25) is 0 Å². The number of unbranched alkanes of at least 4 members (excludes halogenated alkanes) is 2. The van der Waals surface area contributed by atoms with Gasteiger partial charge in [-0.3, -0.25) is 4.18 Å². The van der Waals surface area contributed by atoms with E-state index in [1.54, 1.807) is 0 Å². The van der Waals surface area contributed by atoms with E-state index in [0.717, 1.165) is 30.4 Å². The van der Waals surface area contributed by atoms with Crippen LogP contribution in [-0.2, 0) is 23.9 Å². The molecule has 142 valence electrons. The summed E-state index contributed by atoms with van der Waals surface area (Å²) in [4.78, 5) is 5.52. The molecule has 7 heteroatoms. The molecule has 0 saturated heterocycles. The first-order chi connectivity index (χ1) is 11.7. The minimum absolute atomic E-state index is 0.217. The zero-order valence-electron chi connectivity index (χ0n) is 15.5. The van der Waals surface area contributed by atoms with E-state index in [1.165, 1.54) is 0 Å². The van der Waals surface area contributed by atoms with Crippen molar-refractivity contribution in [2.45, 2.75) is 45.6 Å². The Labute approximate surface area is 151 Å². The molecule has 0 aliphatic heterocycles. The smallest absolute Gasteiger partial charge is 0.264 e. The molecule has 1 aromatic carbocycles. The van der Waals surface area contributed by atoms with Crippen molar-refractivity contribution in [3.63, 3.8) is 0 Å². The fourth-order valence-corrected chi connectivity index (χ4v) is 2.27. The Morgan fingerprint density at radius 2 is 1.68 bits per heavy atom.